The topological polar surface area (TPSA) is 64.9 Å². The molecule has 1 aromatic carbocycles. The summed E-state index contributed by atoms with van der Waals surface area (Å²) in [5.41, 5.74) is 0.116. The summed E-state index contributed by atoms with van der Waals surface area (Å²) in [4.78, 5) is 0. The van der Waals surface area contributed by atoms with Gasteiger partial charge in [-0.05, 0) is 66.6 Å². The molecule has 1 heterocycles. The van der Waals surface area contributed by atoms with Crippen molar-refractivity contribution < 1.29 is 17.9 Å². The predicted octanol–water partition coefficient (Wildman–Crippen LogP) is 4.11. The number of alkyl halides is 2. The molecule has 1 unspecified atom stereocenters. The van der Waals surface area contributed by atoms with E-state index in [2.05, 4.69) is 20.8 Å². The third kappa shape index (κ3) is 5.07. The van der Waals surface area contributed by atoms with Crippen molar-refractivity contribution in [1.29, 1.82) is 0 Å². The van der Waals surface area contributed by atoms with Crippen molar-refractivity contribution >= 4 is 11.6 Å². The average molecular weight is 432 g/mol. The molecule has 1 fully saturated rings. The average Bonchev–Trinajstić information content (AvgIpc) is 3.14. The second-order valence-electron chi connectivity index (χ2n) is 7.60. The summed E-state index contributed by atoms with van der Waals surface area (Å²) in [6, 6.07) is 4.33. The Morgan fingerprint density at radius 2 is 2.07 bits per heavy atom. The van der Waals surface area contributed by atoms with E-state index in [1.165, 1.54) is 10.7 Å². The minimum Gasteiger partial charge on any atom is -0.384 e. The Kier molecular flexibility index (Phi) is 7.13. The molecule has 0 spiro atoms. The number of hydrogen-bond acceptors (Lipinski definition) is 5. The molecule has 0 bridgehead atoms. The van der Waals surface area contributed by atoms with Gasteiger partial charge in [-0.15, -0.1) is 5.10 Å². The third-order valence-corrected chi connectivity index (χ3v) is 5.86. The van der Waals surface area contributed by atoms with Crippen LogP contribution >= 0.6 is 11.6 Å². The number of methoxy groups -OCH3 is 1. The van der Waals surface area contributed by atoms with Gasteiger partial charge in [-0.25, -0.2) is 17.9 Å². The number of halogens is 4. The molecule has 29 heavy (non-hydrogen) atoms. The number of tetrazole rings is 1. The summed E-state index contributed by atoms with van der Waals surface area (Å²) >= 11 is 5.93. The highest BCUT2D eigenvalue weighted by molar-refractivity contribution is 6.30. The number of benzene rings is 1. The summed E-state index contributed by atoms with van der Waals surface area (Å²) in [7, 11) is 1.67. The lowest BCUT2D eigenvalue weighted by molar-refractivity contribution is 0.0837. The first-order chi connectivity index (χ1) is 13.8. The minimum atomic E-state index is -2.56. The standard InChI is InChI=1S/C19H25ClF3N5O/c1-12(14-3-4-16(21)15(20)9-14)24-19(7-5-13(6-8-19)11-29-2)18-25-26-27-28(18)10-17(22)23/h3-4,9,12-13,17,24H,5-8,10-11H2,1-2H3. The Morgan fingerprint density at radius 3 is 2.69 bits per heavy atom. The van der Waals surface area contributed by atoms with Crippen LogP contribution in [0.4, 0.5) is 13.2 Å². The molecule has 1 aromatic heterocycles. The van der Waals surface area contributed by atoms with Crippen molar-refractivity contribution in [1.82, 2.24) is 25.5 Å². The lowest BCUT2D eigenvalue weighted by Crippen LogP contribution is -2.48. The van der Waals surface area contributed by atoms with Crippen molar-refractivity contribution in [2.75, 3.05) is 13.7 Å². The monoisotopic (exact) mass is 431 g/mol. The van der Waals surface area contributed by atoms with E-state index in [9.17, 15) is 13.2 Å². The maximum Gasteiger partial charge on any atom is 0.258 e. The molecule has 1 N–H and O–H groups in total. The molecule has 1 atom stereocenters. The van der Waals surface area contributed by atoms with Crippen molar-refractivity contribution in [3.8, 4) is 0 Å². The Hall–Kier alpha value is -1.71. The van der Waals surface area contributed by atoms with Crippen molar-refractivity contribution in [3.63, 3.8) is 0 Å². The highest BCUT2D eigenvalue weighted by atomic mass is 35.5. The molecule has 0 aliphatic heterocycles. The van der Waals surface area contributed by atoms with Crippen molar-refractivity contribution in [2.45, 2.75) is 57.2 Å². The molecule has 160 valence electrons. The molecular weight excluding hydrogens is 407 g/mol. The molecule has 10 heteroatoms. The fourth-order valence-corrected chi connectivity index (χ4v) is 4.27. The number of nitrogens with one attached hydrogen (secondary N) is 1. The Balaban J connectivity index is 1.89. The van der Waals surface area contributed by atoms with Gasteiger partial charge in [-0.2, -0.15) is 0 Å². The van der Waals surface area contributed by atoms with Gasteiger partial charge in [-0.3, -0.25) is 5.32 Å². The zero-order valence-corrected chi connectivity index (χ0v) is 17.2. The van der Waals surface area contributed by atoms with Gasteiger partial charge in [0.2, 0.25) is 0 Å². The van der Waals surface area contributed by atoms with E-state index >= 15 is 0 Å². The normalized spacial score (nSPS) is 23.5. The van der Waals surface area contributed by atoms with Gasteiger partial charge in [0.05, 0.1) is 10.6 Å². The summed E-state index contributed by atoms with van der Waals surface area (Å²) < 4.78 is 46.1. The van der Waals surface area contributed by atoms with E-state index in [1.54, 1.807) is 19.2 Å². The van der Waals surface area contributed by atoms with Gasteiger partial charge in [0.15, 0.2) is 5.82 Å². The SMILES string of the molecule is COCC1CCC(NC(C)c2ccc(F)c(Cl)c2)(c2nnnn2CC(F)F)CC1. The second kappa shape index (κ2) is 9.40. The lowest BCUT2D eigenvalue weighted by atomic mass is 9.75. The van der Waals surface area contributed by atoms with Gasteiger partial charge in [0.1, 0.15) is 12.4 Å². The summed E-state index contributed by atoms with van der Waals surface area (Å²) in [6.07, 6.45) is 0.472. The van der Waals surface area contributed by atoms with E-state index in [4.69, 9.17) is 16.3 Å². The zero-order valence-electron chi connectivity index (χ0n) is 16.4. The molecule has 1 aliphatic carbocycles. The van der Waals surface area contributed by atoms with Crippen LogP contribution in [0.15, 0.2) is 18.2 Å². The minimum absolute atomic E-state index is 0.0385. The van der Waals surface area contributed by atoms with E-state index in [0.29, 0.717) is 31.2 Å². The molecule has 0 radical (unpaired) electrons. The summed E-state index contributed by atoms with van der Waals surface area (Å²) in [6.45, 7) is 2.01. The smallest absolute Gasteiger partial charge is 0.258 e. The highest BCUT2D eigenvalue weighted by Crippen LogP contribution is 2.40. The Morgan fingerprint density at radius 1 is 1.34 bits per heavy atom. The van der Waals surface area contributed by atoms with Crippen LogP contribution in [-0.2, 0) is 16.8 Å². The second-order valence-corrected chi connectivity index (χ2v) is 8.00. The number of ether oxygens (including phenoxy) is 1. The molecule has 3 rings (SSSR count). The van der Waals surface area contributed by atoms with Gasteiger partial charge in [0.25, 0.3) is 6.43 Å². The van der Waals surface area contributed by atoms with Gasteiger partial charge in [0, 0.05) is 19.8 Å². The fourth-order valence-electron chi connectivity index (χ4n) is 4.09. The van der Waals surface area contributed by atoms with Gasteiger partial charge in [-0.1, -0.05) is 17.7 Å². The third-order valence-electron chi connectivity index (χ3n) is 5.57. The van der Waals surface area contributed by atoms with Crippen LogP contribution in [0.3, 0.4) is 0 Å². The summed E-state index contributed by atoms with van der Waals surface area (Å²) in [5.74, 6) is 0.303. The van der Waals surface area contributed by atoms with Gasteiger partial charge < -0.3 is 4.74 Å². The van der Waals surface area contributed by atoms with E-state index in [0.717, 1.165) is 18.4 Å². The van der Waals surface area contributed by atoms with Crippen LogP contribution in [-0.4, -0.2) is 40.3 Å². The van der Waals surface area contributed by atoms with E-state index in [1.807, 2.05) is 6.92 Å². The maximum atomic E-state index is 13.5. The Labute approximate surface area is 172 Å². The first-order valence-electron chi connectivity index (χ1n) is 9.61. The van der Waals surface area contributed by atoms with Crippen LogP contribution in [0.1, 0.15) is 50.0 Å². The molecular formula is C19H25ClF3N5O. The molecule has 0 amide bonds. The first kappa shape index (κ1) is 22.0. The number of nitrogens with zero attached hydrogens (tertiary/aromatic N) is 4. The van der Waals surface area contributed by atoms with Crippen molar-refractivity contribution in [2.24, 2.45) is 5.92 Å². The van der Waals surface area contributed by atoms with E-state index in [-0.39, 0.29) is 11.1 Å². The molecule has 6 nitrogen and oxygen atoms in total. The fraction of sp³-hybridized carbons (Fsp3) is 0.632. The quantitative estimate of drug-likeness (QED) is 0.681. The van der Waals surface area contributed by atoms with Gasteiger partial charge >= 0.3 is 0 Å². The molecule has 1 aliphatic rings. The number of aromatic nitrogens is 4. The van der Waals surface area contributed by atoms with Crippen LogP contribution in [0.5, 0.6) is 0 Å². The molecule has 0 saturated heterocycles. The highest BCUT2D eigenvalue weighted by Gasteiger charge is 2.42. The van der Waals surface area contributed by atoms with Crippen LogP contribution in [0, 0.1) is 11.7 Å². The predicted molar refractivity (Wildman–Crippen MR) is 102 cm³/mol. The number of rotatable bonds is 8. The maximum absolute atomic E-state index is 13.5. The van der Waals surface area contributed by atoms with Crippen LogP contribution < -0.4 is 5.32 Å². The zero-order chi connectivity index (χ0) is 21.0. The van der Waals surface area contributed by atoms with Crippen LogP contribution in [0.25, 0.3) is 0 Å². The summed E-state index contributed by atoms with van der Waals surface area (Å²) in [5, 5.41) is 15.1. The van der Waals surface area contributed by atoms with E-state index < -0.39 is 24.3 Å². The van der Waals surface area contributed by atoms with Crippen molar-refractivity contribution in [3.05, 3.63) is 40.4 Å². The van der Waals surface area contributed by atoms with Crippen LogP contribution in [0.2, 0.25) is 5.02 Å². The first-order valence-corrected chi connectivity index (χ1v) is 9.99. The number of hydrogen-bond donors (Lipinski definition) is 1. The lowest BCUT2D eigenvalue weighted by Gasteiger charge is -2.41. The molecule has 1 saturated carbocycles. The Bertz CT molecular complexity index is 811. The largest absolute Gasteiger partial charge is 0.384 e. The molecule has 2 aromatic rings.